The first-order valence-corrected chi connectivity index (χ1v) is 10.7. The highest BCUT2D eigenvalue weighted by atomic mass is 32.1. The summed E-state index contributed by atoms with van der Waals surface area (Å²) < 4.78 is 20.5. The quantitative estimate of drug-likeness (QED) is 0.341. The van der Waals surface area contributed by atoms with Gasteiger partial charge in [-0.25, -0.2) is 9.97 Å². The van der Waals surface area contributed by atoms with Gasteiger partial charge in [0.25, 0.3) is 5.91 Å². The van der Waals surface area contributed by atoms with Crippen molar-refractivity contribution in [2.24, 2.45) is 0 Å². The van der Waals surface area contributed by atoms with Gasteiger partial charge in [0, 0.05) is 29.7 Å². The molecule has 5 aromatic rings. The number of furan rings is 1. The zero-order valence-electron chi connectivity index (χ0n) is 16.7. The van der Waals surface area contributed by atoms with Crippen LogP contribution < -0.4 is 5.32 Å². The van der Waals surface area contributed by atoms with Crippen molar-refractivity contribution in [3.05, 3.63) is 101 Å². The number of nitrogens with zero attached hydrogens (tertiary/aromatic N) is 3. The number of hydrogen-bond donors (Lipinski definition) is 1. The van der Waals surface area contributed by atoms with E-state index in [1.807, 2.05) is 41.8 Å². The highest BCUT2D eigenvalue weighted by Gasteiger charge is 2.13. The smallest absolute Gasteiger partial charge is 0.274 e. The van der Waals surface area contributed by atoms with Crippen molar-refractivity contribution in [2.45, 2.75) is 6.54 Å². The topological polar surface area (TPSA) is 73.0 Å². The Balaban J connectivity index is 1.26. The van der Waals surface area contributed by atoms with Crippen molar-refractivity contribution in [1.82, 2.24) is 14.5 Å². The molecule has 0 aliphatic carbocycles. The molecule has 0 saturated carbocycles. The first-order chi connectivity index (χ1) is 15.6. The van der Waals surface area contributed by atoms with Gasteiger partial charge in [-0.2, -0.15) is 4.39 Å². The molecule has 1 aromatic carbocycles. The van der Waals surface area contributed by atoms with Gasteiger partial charge in [-0.3, -0.25) is 10.1 Å². The average molecular weight is 444 g/mol. The molecular weight excluding hydrogens is 427 g/mol. The molecule has 0 spiro atoms. The largest absolute Gasteiger partial charge is 0.464 e. The van der Waals surface area contributed by atoms with E-state index in [1.54, 1.807) is 35.2 Å². The molecule has 1 N–H and O–H groups in total. The number of thiazole rings is 1. The third kappa shape index (κ3) is 4.35. The van der Waals surface area contributed by atoms with Crippen LogP contribution >= 0.6 is 11.3 Å². The van der Waals surface area contributed by atoms with Crippen molar-refractivity contribution < 1.29 is 13.6 Å². The molecule has 0 bridgehead atoms. The lowest BCUT2D eigenvalue weighted by molar-refractivity contribution is 0.101. The number of fused-ring (bicyclic) bond motifs is 1. The number of carbonyl (C=O) groups excluding carboxylic acids is 1. The van der Waals surface area contributed by atoms with Crippen LogP contribution in [0.1, 0.15) is 27.3 Å². The predicted molar refractivity (Wildman–Crippen MR) is 123 cm³/mol. The number of pyridine rings is 1. The van der Waals surface area contributed by atoms with Crippen molar-refractivity contribution in [3.63, 3.8) is 0 Å². The van der Waals surface area contributed by atoms with Gasteiger partial charge in [0.2, 0.25) is 5.95 Å². The number of anilines is 1. The molecule has 1 amide bonds. The molecule has 4 aromatic heterocycles. The number of hydrogen-bond acceptors (Lipinski definition) is 5. The van der Waals surface area contributed by atoms with E-state index < -0.39 is 5.95 Å². The van der Waals surface area contributed by atoms with E-state index in [4.69, 9.17) is 4.42 Å². The Morgan fingerprint density at radius 2 is 2.12 bits per heavy atom. The maximum Gasteiger partial charge on any atom is 0.274 e. The molecule has 32 heavy (non-hydrogen) atoms. The summed E-state index contributed by atoms with van der Waals surface area (Å²) in [7, 11) is 0. The van der Waals surface area contributed by atoms with Crippen molar-refractivity contribution in [1.29, 1.82) is 0 Å². The number of benzene rings is 1. The van der Waals surface area contributed by atoms with Gasteiger partial charge < -0.3 is 8.98 Å². The number of aromatic nitrogens is 3. The molecule has 0 aliphatic heterocycles. The van der Waals surface area contributed by atoms with Crippen LogP contribution in [-0.4, -0.2) is 20.4 Å². The van der Waals surface area contributed by atoms with Gasteiger partial charge in [-0.05, 0) is 59.7 Å². The van der Waals surface area contributed by atoms with E-state index in [0.29, 0.717) is 17.4 Å². The van der Waals surface area contributed by atoms with Crippen LogP contribution in [0.15, 0.2) is 77.0 Å². The van der Waals surface area contributed by atoms with Crippen molar-refractivity contribution in [3.8, 4) is 0 Å². The Hall–Kier alpha value is -4.04. The second-order valence-electron chi connectivity index (χ2n) is 7.09. The second kappa shape index (κ2) is 8.60. The molecule has 0 saturated heterocycles. The molecule has 6 nitrogen and oxygen atoms in total. The minimum absolute atomic E-state index is 0.278. The number of amides is 1. The number of carbonyl (C=O) groups is 1. The molecule has 0 unspecified atom stereocenters. The van der Waals surface area contributed by atoms with Gasteiger partial charge >= 0.3 is 0 Å². The van der Waals surface area contributed by atoms with Crippen LogP contribution in [0.2, 0.25) is 0 Å². The summed E-state index contributed by atoms with van der Waals surface area (Å²) in [6, 6.07) is 14.4. The van der Waals surface area contributed by atoms with Gasteiger partial charge in [0.15, 0.2) is 5.13 Å². The highest BCUT2D eigenvalue weighted by molar-refractivity contribution is 7.14. The Labute approximate surface area is 186 Å². The minimum atomic E-state index is -0.547. The third-order valence-electron chi connectivity index (χ3n) is 4.87. The van der Waals surface area contributed by atoms with E-state index in [2.05, 4.69) is 15.3 Å². The lowest BCUT2D eigenvalue weighted by Crippen LogP contribution is -2.17. The maximum atomic E-state index is 13.4. The molecular formula is C24H17FN4O2S. The zero-order valence-corrected chi connectivity index (χ0v) is 17.6. The standard InChI is InChI=1S/C24H17FN4O2S/c25-22-13-17(7-9-26-22)14-29-10-1-2-20(29)23(30)28-24-27-19(15-32-24)5-3-16-4-6-21-18(12-16)8-11-31-21/h1-13,15H,14H2,(H,27,28,30)/b5-3+. The zero-order chi connectivity index (χ0) is 21.9. The van der Waals surface area contributed by atoms with Crippen molar-refractivity contribution in [2.75, 3.05) is 5.32 Å². The minimum Gasteiger partial charge on any atom is -0.464 e. The van der Waals surface area contributed by atoms with E-state index >= 15 is 0 Å². The molecule has 0 aliphatic rings. The summed E-state index contributed by atoms with van der Waals surface area (Å²) in [6.07, 6.45) is 8.71. The lowest BCUT2D eigenvalue weighted by atomic mass is 10.1. The molecule has 0 fully saturated rings. The Kier molecular flexibility index (Phi) is 5.35. The third-order valence-corrected chi connectivity index (χ3v) is 5.65. The summed E-state index contributed by atoms with van der Waals surface area (Å²) in [4.78, 5) is 20.8. The lowest BCUT2D eigenvalue weighted by Gasteiger charge is -2.09. The van der Waals surface area contributed by atoms with E-state index in [-0.39, 0.29) is 5.91 Å². The first kappa shape index (κ1) is 19.9. The van der Waals surface area contributed by atoms with Crippen LogP contribution in [0.25, 0.3) is 23.1 Å². The predicted octanol–water partition coefficient (Wildman–Crippen LogP) is 5.70. The summed E-state index contributed by atoms with van der Waals surface area (Å²) in [5, 5.41) is 6.25. The summed E-state index contributed by atoms with van der Waals surface area (Å²) in [6.45, 7) is 0.363. The molecule has 0 atom stereocenters. The highest BCUT2D eigenvalue weighted by Crippen LogP contribution is 2.21. The normalized spacial score (nSPS) is 11.4. The number of halogens is 1. The van der Waals surface area contributed by atoms with E-state index in [9.17, 15) is 9.18 Å². The van der Waals surface area contributed by atoms with Crippen LogP contribution in [0.4, 0.5) is 9.52 Å². The number of rotatable bonds is 6. The first-order valence-electron chi connectivity index (χ1n) is 9.82. The summed E-state index contributed by atoms with van der Waals surface area (Å²) in [5.74, 6) is -0.825. The Morgan fingerprint density at radius 1 is 1.19 bits per heavy atom. The van der Waals surface area contributed by atoms with Gasteiger partial charge in [-0.1, -0.05) is 12.1 Å². The molecule has 0 radical (unpaired) electrons. The van der Waals surface area contributed by atoms with E-state index in [0.717, 1.165) is 27.8 Å². The Morgan fingerprint density at radius 3 is 3.03 bits per heavy atom. The van der Waals surface area contributed by atoms with E-state index in [1.165, 1.54) is 23.6 Å². The second-order valence-corrected chi connectivity index (χ2v) is 7.95. The summed E-state index contributed by atoms with van der Waals surface area (Å²) >= 11 is 1.35. The fraction of sp³-hybridized carbons (Fsp3) is 0.0417. The van der Waals surface area contributed by atoms with Crippen LogP contribution in [-0.2, 0) is 6.54 Å². The van der Waals surface area contributed by atoms with Gasteiger partial charge in [0.05, 0.1) is 12.0 Å². The van der Waals surface area contributed by atoms with Crippen LogP contribution in [0, 0.1) is 5.95 Å². The van der Waals surface area contributed by atoms with Gasteiger partial charge in [-0.15, -0.1) is 11.3 Å². The van der Waals surface area contributed by atoms with Crippen molar-refractivity contribution >= 4 is 45.5 Å². The summed E-state index contributed by atoms with van der Waals surface area (Å²) in [5.41, 5.74) is 3.81. The Bertz CT molecular complexity index is 1430. The number of nitrogens with one attached hydrogen (secondary N) is 1. The SMILES string of the molecule is O=C(Nc1nc(/C=C/c2ccc3occc3c2)cs1)c1cccn1Cc1ccnc(F)c1. The van der Waals surface area contributed by atoms with Gasteiger partial charge in [0.1, 0.15) is 11.3 Å². The molecule has 158 valence electrons. The average Bonchev–Trinajstić information content (AvgIpc) is 3.53. The fourth-order valence-corrected chi connectivity index (χ4v) is 4.02. The molecule has 8 heteroatoms. The molecule has 4 heterocycles. The van der Waals surface area contributed by atoms with Crippen LogP contribution in [0.3, 0.4) is 0 Å². The molecule has 5 rings (SSSR count). The maximum absolute atomic E-state index is 13.4. The monoisotopic (exact) mass is 444 g/mol. The fourth-order valence-electron chi connectivity index (χ4n) is 3.35. The van der Waals surface area contributed by atoms with Crippen LogP contribution in [0.5, 0.6) is 0 Å².